The summed E-state index contributed by atoms with van der Waals surface area (Å²) in [5.41, 5.74) is 2.42. The average molecular weight is 332 g/mol. The quantitative estimate of drug-likeness (QED) is 0.567. The fourth-order valence-electron chi connectivity index (χ4n) is 3.27. The number of guanidine groups is 1. The largest absolute Gasteiger partial charge is 0.380 e. The molecule has 0 aliphatic carbocycles. The normalized spacial score (nSPS) is 18.8. The standard InChI is InChI=1S/C19H32N4O/c1-4-20-19(22-14-18-11-8-12-23(18)5-2)21-13-16-9-6-7-10-17(16)15-24-3/h6-7,9-10,18H,4-5,8,11-15H2,1-3H3,(H2,20,21,22). The number of likely N-dealkylation sites (N-methyl/N-ethyl adjacent to an activating group) is 1. The van der Waals surface area contributed by atoms with E-state index in [-0.39, 0.29) is 0 Å². The molecule has 1 aliphatic heterocycles. The molecule has 2 rings (SSSR count). The summed E-state index contributed by atoms with van der Waals surface area (Å²) in [6.45, 7) is 9.81. The van der Waals surface area contributed by atoms with Crippen LogP contribution in [0.1, 0.15) is 37.8 Å². The van der Waals surface area contributed by atoms with Crippen LogP contribution >= 0.6 is 0 Å². The Balaban J connectivity index is 1.95. The molecule has 1 saturated heterocycles. The number of benzene rings is 1. The van der Waals surface area contributed by atoms with Crippen molar-refractivity contribution in [1.82, 2.24) is 15.5 Å². The summed E-state index contributed by atoms with van der Waals surface area (Å²) in [7, 11) is 1.73. The number of hydrogen-bond acceptors (Lipinski definition) is 3. The van der Waals surface area contributed by atoms with Crippen LogP contribution < -0.4 is 10.6 Å². The molecule has 5 nitrogen and oxygen atoms in total. The molecule has 1 heterocycles. The number of hydrogen-bond donors (Lipinski definition) is 2. The third-order valence-electron chi connectivity index (χ3n) is 4.58. The van der Waals surface area contributed by atoms with Crippen molar-refractivity contribution in [2.24, 2.45) is 4.99 Å². The van der Waals surface area contributed by atoms with Crippen molar-refractivity contribution < 1.29 is 4.74 Å². The van der Waals surface area contributed by atoms with Gasteiger partial charge in [-0.15, -0.1) is 0 Å². The fraction of sp³-hybridized carbons (Fsp3) is 0.632. The van der Waals surface area contributed by atoms with Crippen LogP contribution in [0.4, 0.5) is 0 Å². The summed E-state index contributed by atoms with van der Waals surface area (Å²) in [6.07, 6.45) is 2.58. The Morgan fingerprint density at radius 2 is 2.04 bits per heavy atom. The zero-order valence-electron chi connectivity index (χ0n) is 15.3. The topological polar surface area (TPSA) is 48.9 Å². The van der Waals surface area contributed by atoms with Gasteiger partial charge in [-0.05, 0) is 44.0 Å². The molecule has 2 N–H and O–H groups in total. The van der Waals surface area contributed by atoms with Crippen molar-refractivity contribution in [2.75, 3.05) is 33.3 Å². The summed E-state index contributed by atoms with van der Waals surface area (Å²) < 4.78 is 5.28. The van der Waals surface area contributed by atoms with Gasteiger partial charge in [0.25, 0.3) is 0 Å². The van der Waals surface area contributed by atoms with Gasteiger partial charge >= 0.3 is 0 Å². The lowest BCUT2D eigenvalue weighted by molar-refractivity contribution is 0.184. The highest BCUT2D eigenvalue weighted by Gasteiger charge is 2.22. The zero-order valence-corrected chi connectivity index (χ0v) is 15.3. The number of rotatable bonds is 8. The molecule has 24 heavy (non-hydrogen) atoms. The maximum atomic E-state index is 5.28. The molecular weight excluding hydrogens is 300 g/mol. The molecule has 1 aliphatic rings. The maximum Gasteiger partial charge on any atom is 0.191 e. The molecule has 0 aromatic heterocycles. The second kappa shape index (κ2) is 10.3. The van der Waals surface area contributed by atoms with Gasteiger partial charge in [0.15, 0.2) is 5.96 Å². The van der Waals surface area contributed by atoms with Crippen LogP contribution in [-0.4, -0.2) is 50.2 Å². The minimum Gasteiger partial charge on any atom is -0.380 e. The predicted molar refractivity (Wildman–Crippen MR) is 100 cm³/mol. The summed E-state index contributed by atoms with van der Waals surface area (Å²) >= 11 is 0. The second-order valence-electron chi connectivity index (χ2n) is 6.20. The van der Waals surface area contributed by atoms with E-state index in [1.54, 1.807) is 7.11 Å². The molecule has 1 fully saturated rings. The third-order valence-corrected chi connectivity index (χ3v) is 4.58. The van der Waals surface area contributed by atoms with E-state index >= 15 is 0 Å². The minimum absolute atomic E-state index is 0.625. The van der Waals surface area contributed by atoms with Crippen molar-refractivity contribution in [2.45, 2.75) is 45.9 Å². The zero-order chi connectivity index (χ0) is 17.2. The van der Waals surface area contributed by atoms with Gasteiger partial charge in [-0.2, -0.15) is 0 Å². The van der Waals surface area contributed by atoms with Crippen LogP contribution in [0.5, 0.6) is 0 Å². The predicted octanol–water partition coefficient (Wildman–Crippen LogP) is 2.37. The molecule has 1 unspecified atom stereocenters. The second-order valence-corrected chi connectivity index (χ2v) is 6.20. The van der Waals surface area contributed by atoms with Crippen LogP contribution in [0, 0.1) is 0 Å². The number of likely N-dealkylation sites (tertiary alicyclic amines) is 1. The Labute approximate surface area is 146 Å². The van der Waals surface area contributed by atoms with Gasteiger partial charge in [0.1, 0.15) is 0 Å². The summed E-state index contributed by atoms with van der Waals surface area (Å²) in [4.78, 5) is 7.30. The Kier molecular flexibility index (Phi) is 8.05. The van der Waals surface area contributed by atoms with E-state index < -0.39 is 0 Å². The van der Waals surface area contributed by atoms with Crippen LogP contribution in [0.15, 0.2) is 29.3 Å². The lowest BCUT2D eigenvalue weighted by Crippen LogP contribution is -2.44. The summed E-state index contributed by atoms with van der Waals surface area (Å²) in [6, 6.07) is 8.95. The van der Waals surface area contributed by atoms with Crippen LogP contribution in [-0.2, 0) is 17.9 Å². The van der Waals surface area contributed by atoms with Gasteiger partial charge < -0.3 is 15.4 Å². The third kappa shape index (κ3) is 5.49. The van der Waals surface area contributed by atoms with Crippen LogP contribution in [0.25, 0.3) is 0 Å². The number of aliphatic imine (C=N–C) groups is 1. The summed E-state index contributed by atoms with van der Waals surface area (Å²) in [5.74, 6) is 0.896. The lowest BCUT2D eigenvalue weighted by Gasteiger charge is -2.24. The minimum atomic E-state index is 0.625. The highest BCUT2D eigenvalue weighted by Crippen LogP contribution is 2.15. The van der Waals surface area contributed by atoms with Crippen LogP contribution in [0.3, 0.4) is 0 Å². The van der Waals surface area contributed by atoms with Gasteiger partial charge in [-0.25, -0.2) is 4.99 Å². The molecule has 1 aromatic carbocycles. The molecular formula is C19H32N4O. The van der Waals surface area contributed by atoms with E-state index in [1.807, 2.05) is 6.07 Å². The highest BCUT2D eigenvalue weighted by molar-refractivity contribution is 5.79. The SMILES string of the molecule is CCNC(=NCc1ccccc1COC)NCC1CCCN1CC. The first-order valence-corrected chi connectivity index (χ1v) is 9.10. The highest BCUT2D eigenvalue weighted by atomic mass is 16.5. The molecule has 0 spiro atoms. The van der Waals surface area contributed by atoms with Crippen LogP contribution in [0.2, 0.25) is 0 Å². The number of nitrogens with one attached hydrogen (secondary N) is 2. The first kappa shape index (κ1) is 18.7. The smallest absolute Gasteiger partial charge is 0.191 e. The molecule has 0 radical (unpaired) electrons. The van der Waals surface area contributed by atoms with Crippen molar-refractivity contribution in [3.8, 4) is 0 Å². The maximum absolute atomic E-state index is 5.28. The fourth-order valence-corrected chi connectivity index (χ4v) is 3.27. The van der Waals surface area contributed by atoms with Crippen molar-refractivity contribution in [3.63, 3.8) is 0 Å². The van der Waals surface area contributed by atoms with E-state index in [9.17, 15) is 0 Å². The van der Waals surface area contributed by atoms with Crippen molar-refractivity contribution >= 4 is 5.96 Å². The molecule has 0 saturated carbocycles. The Bertz CT molecular complexity index is 518. The number of methoxy groups -OCH3 is 1. The van der Waals surface area contributed by atoms with E-state index in [2.05, 4.69) is 47.6 Å². The molecule has 0 bridgehead atoms. The van der Waals surface area contributed by atoms with Gasteiger partial charge in [-0.3, -0.25) is 4.90 Å². The molecule has 1 atom stereocenters. The Hall–Kier alpha value is -1.59. The van der Waals surface area contributed by atoms with Crippen molar-refractivity contribution in [3.05, 3.63) is 35.4 Å². The van der Waals surface area contributed by atoms with E-state index in [0.717, 1.165) is 25.6 Å². The first-order chi connectivity index (χ1) is 11.8. The molecule has 1 aromatic rings. The average Bonchev–Trinajstić information content (AvgIpc) is 3.06. The number of ether oxygens (including phenoxy) is 1. The van der Waals surface area contributed by atoms with Gasteiger partial charge in [0.05, 0.1) is 13.2 Å². The first-order valence-electron chi connectivity index (χ1n) is 9.10. The van der Waals surface area contributed by atoms with E-state index in [4.69, 9.17) is 9.73 Å². The van der Waals surface area contributed by atoms with E-state index in [0.29, 0.717) is 19.2 Å². The molecule has 134 valence electrons. The Morgan fingerprint density at radius 3 is 2.75 bits per heavy atom. The van der Waals surface area contributed by atoms with Gasteiger partial charge in [0, 0.05) is 26.2 Å². The van der Waals surface area contributed by atoms with Gasteiger partial charge in [0.2, 0.25) is 0 Å². The van der Waals surface area contributed by atoms with E-state index in [1.165, 1.54) is 30.5 Å². The van der Waals surface area contributed by atoms with Crippen molar-refractivity contribution in [1.29, 1.82) is 0 Å². The van der Waals surface area contributed by atoms with Gasteiger partial charge in [-0.1, -0.05) is 31.2 Å². The number of nitrogens with zero attached hydrogens (tertiary/aromatic N) is 2. The Morgan fingerprint density at radius 1 is 1.25 bits per heavy atom. The molecule has 5 heteroatoms. The molecule has 0 amide bonds. The lowest BCUT2D eigenvalue weighted by atomic mass is 10.1. The summed E-state index contributed by atoms with van der Waals surface area (Å²) in [5, 5.41) is 6.86. The monoisotopic (exact) mass is 332 g/mol.